The van der Waals surface area contributed by atoms with Gasteiger partial charge in [0.15, 0.2) is 16.7 Å². The SMILES string of the molecule is CC(=O)C1=C(C)N(c2nc3ccc(C)cc3s2)C(C)=C(C(C)=O)C1c1ccccc1. The number of hydrogen-bond acceptors (Lipinski definition) is 5. The number of nitrogens with zero attached hydrogens (tertiary/aromatic N) is 2. The van der Waals surface area contributed by atoms with Crippen LogP contribution in [0.1, 0.15) is 44.7 Å². The van der Waals surface area contributed by atoms with Crippen LogP contribution >= 0.6 is 11.3 Å². The molecule has 2 aromatic carbocycles. The second kappa shape index (κ2) is 7.65. The zero-order chi connectivity index (χ0) is 21.6. The van der Waals surface area contributed by atoms with Crippen molar-refractivity contribution in [2.45, 2.75) is 40.5 Å². The molecular weight excluding hydrogens is 392 g/mol. The summed E-state index contributed by atoms with van der Waals surface area (Å²) < 4.78 is 1.09. The van der Waals surface area contributed by atoms with E-state index in [4.69, 9.17) is 4.98 Å². The molecule has 30 heavy (non-hydrogen) atoms. The highest BCUT2D eigenvalue weighted by molar-refractivity contribution is 7.22. The molecular formula is C25H24N2O2S. The summed E-state index contributed by atoms with van der Waals surface area (Å²) in [5.41, 5.74) is 5.99. The summed E-state index contributed by atoms with van der Waals surface area (Å²) in [6.45, 7) is 9.11. The molecule has 0 radical (unpaired) electrons. The zero-order valence-electron chi connectivity index (χ0n) is 17.8. The van der Waals surface area contributed by atoms with E-state index in [2.05, 4.69) is 13.0 Å². The normalized spacial score (nSPS) is 15.3. The predicted molar refractivity (Wildman–Crippen MR) is 123 cm³/mol. The minimum absolute atomic E-state index is 0.0328. The fraction of sp³-hybridized carbons (Fsp3) is 0.240. The third-order valence-corrected chi connectivity index (χ3v) is 6.65. The summed E-state index contributed by atoms with van der Waals surface area (Å²) in [4.78, 5) is 32.4. The molecule has 1 aromatic heterocycles. The van der Waals surface area contributed by atoms with Gasteiger partial charge in [-0.15, -0.1) is 0 Å². The quantitative estimate of drug-likeness (QED) is 0.528. The first kappa shape index (κ1) is 20.2. The van der Waals surface area contributed by atoms with Gasteiger partial charge in [-0.3, -0.25) is 14.5 Å². The molecule has 3 aromatic rings. The average molecular weight is 417 g/mol. The van der Waals surface area contributed by atoms with E-state index < -0.39 is 0 Å². The summed E-state index contributed by atoms with van der Waals surface area (Å²) in [6, 6.07) is 16.0. The van der Waals surface area contributed by atoms with Crippen molar-refractivity contribution in [2.75, 3.05) is 4.90 Å². The highest BCUT2D eigenvalue weighted by atomic mass is 32.1. The minimum atomic E-state index is -0.367. The first-order valence-corrected chi connectivity index (χ1v) is 10.8. The molecule has 0 N–H and O–H groups in total. The summed E-state index contributed by atoms with van der Waals surface area (Å²) >= 11 is 1.57. The standard InChI is InChI=1S/C25H24N2O2S/c1-14-11-12-20-21(13-14)30-25(26-20)27-15(2)22(17(4)28)24(19-9-7-6-8-10-19)23(16(27)3)18(5)29/h6-13,24H,1-5H3. The molecule has 0 atom stereocenters. The lowest BCUT2D eigenvalue weighted by Crippen LogP contribution is -2.33. The molecule has 0 saturated carbocycles. The van der Waals surface area contributed by atoms with Crippen LogP contribution in [0.3, 0.4) is 0 Å². The Morgan fingerprint density at radius 3 is 2.07 bits per heavy atom. The Hall–Kier alpha value is -3.05. The van der Waals surface area contributed by atoms with E-state index in [1.54, 1.807) is 25.2 Å². The van der Waals surface area contributed by atoms with Crippen molar-refractivity contribution in [1.29, 1.82) is 0 Å². The van der Waals surface area contributed by atoms with E-state index in [1.807, 2.05) is 61.2 Å². The molecule has 1 aliphatic rings. The van der Waals surface area contributed by atoms with Gasteiger partial charge in [0.25, 0.3) is 0 Å². The molecule has 152 valence electrons. The van der Waals surface area contributed by atoms with Gasteiger partial charge in [0.1, 0.15) is 0 Å². The zero-order valence-corrected chi connectivity index (χ0v) is 18.6. The van der Waals surface area contributed by atoms with Gasteiger partial charge in [-0.1, -0.05) is 47.7 Å². The van der Waals surface area contributed by atoms with Crippen LogP contribution in [0.5, 0.6) is 0 Å². The summed E-state index contributed by atoms with van der Waals surface area (Å²) in [7, 11) is 0. The molecule has 5 heteroatoms. The summed E-state index contributed by atoms with van der Waals surface area (Å²) in [5.74, 6) is -0.432. The van der Waals surface area contributed by atoms with E-state index >= 15 is 0 Å². The molecule has 4 nitrogen and oxygen atoms in total. The van der Waals surface area contributed by atoms with Crippen LogP contribution in [-0.2, 0) is 9.59 Å². The molecule has 0 amide bonds. The van der Waals surface area contributed by atoms with Crippen LogP contribution in [-0.4, -0.2) is 16.6 Å². The van der Waals surface area contributed by atoms with Gasteiger partial charge in [0.2, 0.25) is 0 Å². The van der Waals surface area contributed by atoms with Crippen LogP contribution in [0, 0.1) is 6.92 Å². The average Bonchev–Trinajstić information content (AvgIpc) is 3.10. The third kappa shape index (κ3) is 3.29. The van der Waals surface area contributed by atoms with Crippen LogP contribution in [0.4, 0.5) is 5.13 Å². The second-order valence-corrected chi connectivity index (χ2v) is 8.77. The topological polar surface area (TPSA) is 50.3 Å². The minimum Gasteiger partial charge on any atom is -0.295 e. The molecule has 0 aliphatic carbocycles. The van der Waals surface area contributed by atoms with Crippen LogP contribution in [0.2, 0.25) is 0 Å². The van der Waals surface area contributed by atoms with E-state index in [9.17, 15) is 9.59 Å². The van der Waals surface area contributed by atoms with Gasteiger partial charge in [-0.2, -0.15) is 0 Å². The molecule has 0 fully saturated rings. The second-order valence-electron chi connectivity index (χ2n) is 7.76. The third-order valence-electron chi connectivity index (χ3n) is 5.64. The summed E-state index contributed by atoms with van der Waals surface area (Å²) in [6.07, 6.45) is 0. The number of Topliss-reactive ketones (excluding diaryl/α,β-unsaturated/α-hetero) is 2. The first-order valence-electron chi connectivity index (χ1n) is 9.95. The number of carbonyl (C=O) groups excluding carboxylic acids is 2. The number of rotatable bonds is 4. The van der Waals surface area contributed by atoms with Crippen molar-refractivity contribution >= 4 is 38.3 Å². The Morgan fingerprint density at radius 2 is 1.50 bits per heavy atom. The maximum Gasteiger partial charge on any atom is 0.195 e. The monoisotopic (exact) mass is 416 g/mol. The number of thiazole rings is 1. The van der Waals surface area contributed by atoms with Crippen molar-refractivity contribution < 1.29 is 9.59 Å². The lowest BCUT2D eigenvalue weighted by Gasteiger charge is -2.36. The van der Waals surface area contributed by atoms with Gasteiger partial charge in [-0.05, 0) is 57.9 Å². The first-order chi connectivity index (χ1) is 14.3. The van der Waals surface area contributed by atoms with E-state index in [-0.39, 0.29) is 17.5 Å². The molecule has 4 rings (SSSR count). The van der Waals surface area contributed by atoms with Crippen LogP contribution in [0.15, 0.2) is 71.1 Å². The number of allylic oxidation sites excluding steroid dienone is 4. The summed E-state index contributed by atoms with van der Waals surface area (Å²) in [5, 5.41) is 0.773. The number of aryl methyl sites for hydroxylation is 1. The predicted octanol–water partition coefficient (Wildman–Crippen LogP) is 5.93. The van der Waals surface area contributed by atoms with Gasteiger partial charge >= 0.3 is 0 Å². The Kier molecular flexibility index (Phi) is 5.16. The molecule has 0 saturated heterocycles. The maximum absolute atomic E-state index is 12.8. The smallest absolute Gasteiger partial charge is 0.195 e. The van der Waals surface area contributed by atoms with Crippen molar-refractivity contribution in [1.82, 2.24) is 4.98 Å². The van der Waals surface area contributed by atoms with Crippen molar-refractivity contribution in [2.24, 2.45) is 0 Å². The van der Waals surface area contributed by atoms with Gasteiger partial charge in [0.05, 0.1) is 10.2 Å². The Labute approximate surface area is 180 Å². The Bertz CT molecular complexity index is 1200. The molecule has 1 aliphatic heterocycles. The number of ketones is 2. The number of benzene rings is 2. The molecule has 0 unspecified atom stereocenters. The van der Waals surface area contributed by atoms with Crippen molar-refractivity contribution in [3.8, 4) is 0 Å². The van der Waals surface area contributed by atoms with Crippen LogP contribution in [0.25, 0.3) is 10.2 Å². The molecule has 2 heterocycles. The Balaban J connectivity index is 1.98. The Morgan fingerprint density at radius 1 is 0.900 bits per heavy atom. The number of aromatic nitrogens is 1. The number of anilines is 1. The van der Waals surface area contributed by atoms with E-state index in [0.29, 0.717) is 11.1 Å². The number of fused-ring (bicyclic) bond motifs is 1. The van der Waals surface area contributed by atoms with Gasteiger partial charge in [0, 0.05) is 28.5 Å². The van der Waals surface area contributed by atoms with Crippen molar-refractivity contribution in [3.05, 3.63) is 82.2 Å². The van der Waals surface area contributed by atoms with Gasteiger partial charge < -0.3 is 0 Å². The maximum atomic E-state index is 12.8. The largest absolute Gasteiger partial charge is 0.295 e. The van der Waals surface area contributed by atoms with E-state index in [0.717, 1.165) is 32.3 Å². The number of hydrogen-bond donors (Lipinski definition) is 0. The highest BCUT2D eigenvalue weighted by Crippen LogP contribution is 2.45. The number of carbonyl (C=O) groups is 2. The molecule has 0 spiro atoms. The lowest BCUT2D eigenvalue weighted by molar-refractivity contribution is -0.114. The molecule has 0 bridgehead atoms. The highest BCUT2D eigenvalue weighted by Gasteiger charge is 2.37. The fourth-order valence-electron chi connectivity index (χ4n) is 4.35. The van der Waals surface area contributed by atoms with Crippen LogP contribution < -0.4 is 4.90 Å². The fourth-order valence-corrected chi connectivity index (χ4v) is 5.52. The van der Waals surface area contributed by atoms with E-state index in [1.165, 1.54) is 5.56 Å². The van der Waals surface area contributed by atoms with Crippen molar-refractivity contribution in [3.63, 3.8) is 0 Å². The lowest BCUT2D eigenvalue weighted by atomic mass is 9.77. The van der Waals surface area contributed by atoms with Gasteiger partial charge in [-0.25, -0.2) is 4.98 Å².